The highest BCUT2D eigenvalue weighted by Crippen LogP contribution is 2.55. The van der Waals surface area contributed by atoms with Crippen LogP contribution in [-0.2, 0) is 5.60 Å². The molecule has 5 aromatic carbocycles. The minimum atomic E-state index is -1.18. The van der Waals surface area contributed by atoms with Crippen LogP contribution in [0.25, 0.3) is 33.0 Å². The van der Waals surface area contributed by atoms with Gasteiger partial charge in [-0.2, -0.15) is 0 Å². The van der Waals surface area contributed by atoms with Crippen LogP contribution in [0.5, 0.6) is 0 Å². The lowest BCUT2D eigenvalue weighted by Crippen LogP contribution is -2.26. The highest BCUT2D eigenvalue weighted by Gasteiger charge is 2.44. The molecular formula is C29H20O. The highest BCUT2D eigenvalue weighted by molar-refractivity contribution is 6.08. The van der Waals surface area contributed by atoms with Crippen LogP contribution in [0.4, 0.5) is 0 Å². The van der Waals surface area contributed by atoms with Crippen LogP contribution in [0.3, 0.4) is 0 Å². The van der Waals surface area contributed by atoms with Gasteiger partial charge in [-0.15, -0.1) is 0 Å². The number of hydrogen-bond acceptors (Lipinski definition) is 1. The smallest absolute Gasteiger partial charge is 0.141 e. The molecule has 0 bridgehead atoms. The Balaban J connectivity index is 1.82. The minimum absolute atomic E-state index is 0.894. The van der Waals surface area contributed by atoms with E-state index in [0.717, 1.165) is 38.8 Å². The predicted octanol–water partition coefficient (Wildman–Crippen LogP) is 6.77. The third kappa shape index (κ3) is 2.27. The average molecular weight is 384 g/mol. The Morgan fingerprint density at radius 2 is 1.17 bits per heavy atom. The maximum Gasteiger partial charge on any atom is 0.141 e. The Hall–Kier alpha value is -3.68. The molecule has 1 aliphatic carbocycles. The molecule has 0 aromatic heterocycles. The molecule has 0 radical (unpaired) electrons. The second-order valence-electron chi connectivity index (χ2n) is 7.88. The second kappa shape index (κ2) is 6.41. The molecule has 142 valence electrons. The fourth-order valence-corrected chi connectivity index (χ4v) is 4.97. The molecule has 0 saturated carbocycles. The van der Waals surface area contributed by atoms with Crippen molar-refractivity contribution in [2.24, 2.45) is 0 Å². The van der Waals surface area contributed by atoms with E-state index in [-0.39, 0.29) is 0 Å². The molecule has 0 heterocycles. The zero-order chi connectivity index (χ0) is 20.1. The van der Waals surface area contributed by atoms with Crippen molar-refractivity contribution < 1.29 is 5.11 Å². The average Bonchev–Trinajstić information content (AvgIpc) is 3.08. The van der Waals surface area contributed by atoms with E-state index in [4.69, 9.17) is 0 Å². The molecule has 30 heavy (non-hydrogen) atoms. The lowest BCUT2D eigenvalue weighted by Gasteiger charge is -2.27. The second-order valence-corrected chi connectivity index (χ2v) is 7.88. The minimum Gasteiger partial charge on any atom is -0.376 e. The van der Waals surface area contributed by atoms with E-state index in [9.17, 15) is 5.11 Å². The van der Waals surface area contributed by atoms with Crippen molar-refractivity contribution in [3.8, 4) is 22.3 Å². The number of fused-ring (bicyclic) bond motifs is 4. The monoisotopic (exact) mass is 384 g/mol. The van der Waals surface area contributed by atoms with Crippen molar-refractivity contribution in [1.82, 2.24) is 0 Å². The fraction of sp³-hybridized carbons (Fsp3) is 0.0345. The van der Waals surface area contributed by atoms with Gasteiger partial charge in [0.15, 0.2) is 0 Å². The van der Waals surface area contributed by atoms with Gasteiger partial charge < -0.3 is 5.11 Å². The molecular weight excluding hydrogens is 364 g/mol. The lowest BCUT2D eigenvalue weighted by atomic mass is 9.82. The van der Waals surface area contributed by atoms with Crippen LogP contribution in [0, 0.1) is 0 Å². The predicted molar refractivity (Wildman–Crippen MR) is 123 cm³/mol. The Kier molecular flexibility index (Phi) is 3.68. The van der Waals surface area contributed by atoms with E-state index in [1.54, 1.807) is 0 Å². The normalized spacial score (nSPS) is 17.0. The maximum atomic E-state index is 12.3. The Labute approximate surface area is 175 Å². The lowest BCUT2D eigenvalue weighted by molar-refractivity contribution is 0.131. The summed E-state index contributed by atoms with van der Waals surface area (Å²) in [5, 5.41) is 14.6. The number of aliphatic hydroxyl groups is 1. The summed E-state index contributed by atoms with van der Waals surface area (Å²) in [7, 11) is 0. The van der Waals surface area contributed by atoms with Crippen molar-refractivity contribution in [2.75, 3.05) is 0 Å². The quantitative estimate of drug-likeness (QED) is 0.356. The molecule has 1 aliphatic rings. The Morgan fingerprint density at radius 1 is 0.533 bits per heavy atom. The van der Waals surface area contributed by atoms with Gasteiger partial charge >= 0.3 is 0 Å². The summed E-state index contributed by atoms with van der Waals surface area (Å²) in [6.45, 7) is 0. The molecule has 1 N–H and O–H groups in total. The van der Waals surface area contributed by atoms with Crippen LogP contribution in [-0.4, -0.2) is 5.11 Å². The summed E-state index contributed by atoms with van der Waals surface area (Å²) in [5.74, 6) is 0. The summed E-state index contributed by atoms with van der Waals surface area (Å²) in [5.41, 5.74) is 6.18. The van der Waals surface area contributed by atoms with Gasteiger partial charge in [-0.3, -0.25) is 0 Å². The molecule has 0 fully saturated rings. The summed E-state index contributed by atoms with van der Waals surface area (Å²) in [4.78, 5) is 0. The first kappa shape index (κ1) is 17.2. The Bertz CT molecular complexity index is 1390. The first-order valence-corrected chi connectivity index (χ1v) is 10.3. The first-order chi connectivity index (χ1) is 14.8. The molecule has 0 spiro atoms. The van der Waals surface area contributed by atoms with E-state index < -0.39 is 5.60 Å². The van der Waals surface area contributed by atoms with Crippen molar-refractivity contribution in [3.63, 3.8) is 0 Å². The largest absolute Gasteiger partial charge is 0.376 e. The van der Waals surface area contributed by atoms with E-state index in [1.807, 2.05) is 42.5 Å². The van der Waals surface area contributed by atoms with Crippen LogP contribution < -0.4 is 0 Å². The van der Waals surface area contributed by atoms with E-state index in [0.29, 0.717) is 0 Å². The molecule has 5 aromatic rings. The third-order valence-electron chi connectivity index (χ3n) is 6.28. The van der Waals surface area contributed by atoms with Gasteiger partial charge in [0.05, 0.1) is 0 Å². The molecule has 1 unspecified atom stereocenters. The van der Waals surface area contributed by atoms with Crippen molar-refractivity contribution >= 4 is 10.8 Å². The molecule has 1 nitrogen and oxygen atoms in total. The van der Waals surface area contributed by atoms with Gasteiger partial charge in [0.2, 0.25) is 0 Å². The SMILES string of the molecule is OC1(c2ccccc2)c2ccccc2-c2c1cc1ccccc1c2-c1ccccc1. The first-order valence-electron chi connectivity index (χ1n) is 10.3. The summed E-state index contributed by atoms with van der Waals surface area (Å²) in [6, 6.07) is 39.4. The van der Waals surface area contributed by atoms with E-state index in [2.05, 4.69) is 72.8 Å². The van der Waals surface area contributed by atoms with E-state index in [1.165, 1.54) is 10.9 Å². The maximum absolute atomic E-state index is 12.3. The summed E-state index contributed by atoms with van der Waals surface area (Å²) < 4.78 is 0. The van der Waals surface area contributed by atoms with Crippen LogP contribution in [0.2, 0.25) is 0 Å². The third-order valence-corrected chi connectivity index (χ3v) is 6.28. The molecule has 1 heteroatoms. The zero-order valence-corrected chi connectivity index (χ0v) is 16.4. The fourth-order valence-electron chi connectivity index (χ4n) is 4.97. The number of benzene rings is 5. The van der Waals surface area contributed by atoms with Gasteiger partial charge in [-0.1, -0.05) is 109 Å². The van der Waals surface area contributed by atoms with Gasteiger partial charge in [0.25, 0.3) is 0 Å². The summed E-state index contributed by atoms with van der Waals surface area (Å²) >= 11 is 0. The molecule has 0 aliphatic heterocycles. The van der Waals surface area contributed by atoms with Gasteiger partial charge in [-0.05, 0) is 44.7 Å². The molecule has 6 rings (SSSR count). The number of rotatable bonds is 2. The van der Waals surface area contributed by atoms with Gasteiger partial charge in [0, 0.05) is 11.1 Å². The molecule has 0 amide bonds. The zero-order valence-electron chi connectivity index (χ0n) is 16.4. The Morgan fingerprint density at radius 3 is 1.97 bits per heavy atom. The topological polar surface area (TPSA) is 20.2 Å². The standard InChI is InChI=1S/C29H20O/c30-29(22-14-5-2-6-15-22)25-18-10-9-17-24(25)28-26(29)19-21-13-7-8-16-23(21)27(28)20-11-3-1-4-12-20/h1-19,30H. The van der Waals surface area contributed by atoms with Crippen LogP contribution >= 0.6 is 0 Å². The highest BCUT2D eigenvalue weighted by atomic mass is 16.3. The van der Waals surface area contributed by atoms with Gasteiger partial charge in [0.1, 0.15) is 5.60 Å². The van der Waals surface area contributed by atoms with Crippen molar-refractivity contribution in [2.45, 2.75) is 5.60 Å². The summed E-state index contributed by atoms with van der Waals surface area (Å²) in [6.07, 6.45) is 0. The van der Waals surface area contributed by atoms with Gasteiger partial charge in [-0.25, -0.2) is 0 Å². The number of hydrogen-bond donors (Lipinski definition) is 1. The van der Waals surface area contributed by atoms with Crippen LogP contribution in [0.15, 0.2) is 115 Å². The molecule has 1 atom stereocenters. The molecule has 0 saturated heterocycles. The van der Waals surface area contributed by atoms with Crippen molar-refractivity contribution in [3.05, 3.63) is 132 Å². The van der Waals surface area contributed by atoms with Crippen LogP contribution in [0.1, 0.15) is 16.7 Å². The van der Waals surface area contributed by atoms with Crippen molar-refractivity contribution in [1.29, 1.82) is 0 Å². The van der Waals surface area contributed by atoms with E-state index >= 15 is 0 Å².